The van der Waals surface area contributed by atoms with Crippen LogP contribution in [-0.4, -0.2) is 28.1 Å². The van der Waals surface area contributed by atoms with Crippen LogP contribution in [0.5, 0.6) is 0 Å². The summed E-state index contributed by atoms with van der Waals surface area (Å²) in [5, 5.41) is -1.02. The summed E-state index contributed by atoms with van der Waals surface area (Å²) in [6.07, 6.45) is 8.57. The fourth-order valence-electron chi connectivity index (χ4n) is 2.22. The second-order valence-electron chi connectivity index (χ2n) is 5.83. The molecular formula is C15H32O5P2. The predicted molar refractivity (Wildman–Crippen MR) is 93.1 cm³/mol. The Labute approximate surface area is 135 Å². The van der Waals surface area contributed by atoms with E-state index >= 15 is 0 Å². The van der Waals surface area contributed by atoms with E-state index in [9.17, 15) is 18.9 Å². The highest BCUT2D eigenvalue weighted by atomic mass is 31.2. The normalized spacial score (nSPS) is 14.6. The number of hydrogen-bond donors (Lipinski definition) is 2. The Kier molecular flexibility index (Phi) is 12.5. The lowest BCUT2D eigenvalue weighted by Crippen LogP contribution is -2.06. The third-order valence-electron chi connectivity index (χ3n) is 3.46. The van der Waals surface area contributed by atoms with Gasteiger partial charge in [0.05, 0.1) is 6.35 Å². The maximum Gasteiger partial charge on any atom is 0.335 e. The van der Waals surface area contributed by atoms with Gasteiger partial charge in [0.1, 0.15) is 13.2 Å². The fourth-order valence-corrected chi connectivity index (χ4v) is 5.59. The summed E-state index contributed by atoms with van der Waals surface area (Å²) < 4.78 is 28.5. The number of hydrogen-bond acceptors (Lipinski definition) is 3. The molecule has 0 aromatic heterocycles. The highest BCUT2D eigenvalue weighted by molar-refractivity contribution is 7.67. The van der Waals surface area contributed by atoms with Crippen LogP contribution in [0.2, 0.25) is 0 Å². The average Bonchev–Trinajstić information content (AvgIpc) is 2.41. The first kappa shape index (κ1) is 22.1. The van der Waals surface area contributed by atoms with Crippen molar-refractivity contribution in [3.63, 3.8) is 0 Å². The minimum atomic E-state index is -4.30. The van der Waals surface area contributed by atoms with E-state index in [0.29, 0.717) is 19.4 Å². The van der Waals surface area contributed by atoms with Gasteiger partial charge in [0.25, 0.3) is 0 Å². The maximum atomic E-state index is 12.0. The molecule has 2 N–H and O–H groups in total. The largest absolute Gasteiger partial charge is 0.374 e. The van der Waals surface area contributed by atoms with Gasteiger partial charge in [0, 0.05) is 6.61 Å². The zero-order valence-electron chi connectivity index (χ0n) is 14.1. The lowest BCUT2D eigenvalue weighted by molar-refractivity contribution is 0.193. The Hall–Kier alpha value is 0.0800. The fraction of sp³-hybridized carbons (Fsp3) is 0.867. The third kappa shape index (κ3) is 11.6. The number of rotatable bonds is 13. The highest BCUT2D eigenvalue weighted by Gasteiger charge is 2.33. The van der Waals surface area contributed by atoms with Crippen molar-refractivity contribution in [3.05, 3.63) is 11.6 Å². The second kappa shape index (κ2) is 12.5. The Morgan fingerprint density at radius 2 is 1.77 bits per heavy atom. The Bertz CT molecular complexity index is 385. The van der Waals surface area contributed by atoms with Crippen LogP contribution < -0.4 is 0 Å². The van der Waals surface area contributed by atoms with Gasteiger partial charge in [-0.2, -0.15) is 0 Å². The molecule has 0 heterocycles. The van der Waals surface area contributed by atoms with Gasteiger partial charge in [-0.1, -0.05) is 37.3 Å². The maximum absolute atomic E-state index is 12.0. The van der Waals surface area contributed by atoms with Crippen LogP contribution in [-0.2, 0) is 13.9 Å². The van der Waals surface area contributed by atoms with Gasteiger partial charge >= 0.3 is 7.60 Å². The molecule has 0 radical (unpaired) electrons. The van der Waals surface area contributed by atoms with E-state index in [-0.39, 0.29) is 6.35 Å². The Morgan fingerprint density at radius 1 is 1.18 bits per heavy atom. The minimum absolute atomic E-state index is 0.0281. The van der Waals surface area contributed by atoms with Crippen molar-refractivity contribution in [3.8, 4) is 0 Å². The lowest BCUT2D eigenvalue weighted by atomic mass is 10.1. The molecule has 0 aliphatic heterocycles. The van der Waals surface area contributed by atoms with Gasteiger partial charge in [0.2, 0.25) is 0 Å². The van der Waals surface area contributed by atoms with E-state index in [2.05, 4.69) is 19.9 Å². The topological polar surface area (TPSA) is 83.8 Å². The molecule has 0 aromatic rings. The number of unbranched alkanes of at least 4 members (excludes halogenated alkanes) is 5. The summed E-state index contributed by atoms with van der Waals surface area (Å²) in [7, 11) is -6.71. The van der Waals surface area contributed by atoms with Gasteiger partial charge in [-0.3, -0.25) is 4.57 Å². The van der Waals surface area contributed by atoms with Crippen LogP contribution in [0.25, 0.3) is 0 Å². The van der Waals surface area contributed by atoms with Crippen LogP contribution in [0.15, 0.2) is 11.6 Å². The van der Waals surface area contributed by atoms with Crippen LogP contribution in [0.1, 0.15) is 65.7 Å². The summed E-state index contributed by atoms with van der Waals surface area (Å²) in [6, 6.07) is 0. The molecule has 0 fully saturated rings. The summed E-state index contributed by atoms with van der Waals surface area (Å²) in [5.41, 5.74) is 1.34. The van der Waals surface area contributed by atoms with E-state index in [0.717, 1.165) is 32.1 Å². The molecule has 0 aromatic carbocycles. The van der Waals surface area contributed by atoms with E-state index in [1.165, 1.54) is 5.57 Å². The smallest absolute Gasteiger partial charge is 0.335 e. The SMILES string of the molecule is CCOC[PH](=O)C(CCCCCCCC=C(C)C)P(=O)(O)O. The molecule has 0 aliphatic carbocycles. The van der Waals surface area contributed by atoms with Crippen molar-refractivity contribution in [1.29, 1.82) is 0 Å². The Balaban J connectivity index is 3.98. The quantitative estimate of drug-likeness (QED) is 0.283. The van der Waals surface area contributed by atoms with Crippen LogP contribution in [0.4, 0.5) is 0 Å². The van der Waals surface area contributed by atoms with Crippen molar-refractivity contribution in [2.24, 2.45) is 0 Å². The molecule has 0 rings (SSSR count). The molecule has 132 valence electrons. The Morgan fingerprint density at radius 3 is 2.32 bits per heavy atom. The van der Waals surface area contributed by atoms with Crippen molar-refractivity contribution >= 4 is 15.4 Å². The van der Waals surface area contributed by atoms with Crippen molar-refractivity contribution in [2.45, 2.75) is 71.1 Å². The van der Waals surface area contributed by atoms with Crippen molar-refractivity contribution in [1.82, 2.24) is 0 Å². The van der Waals surface area contributed by atoms with Crippen LogP contribution in [0, 0.1) is 0 Å². The molecule has 0 amide bonds. The zero-order valence-corrected chi connectivity index (χ0v) is 16.0. The monoisotopic (exact) mass is 354 g/mol. The zero-order chi connectivity index (χ0) is 17.0. The molecule has 2 atom stereocenters. The average molecular weight is 354 g/mol. The highest BCUT2D eigenvalue weighted by Crippen LogP contribution is 2.55. The van der Waals surface area contributed by atoms with E-state index in [1.807, 2.05) is 0 Å². The first-order valence-electron chi connectivity index (χ1n) is 8.08. The molecule has 0 saturated heterocycles. The van der Waals surface area contributed by atoms with Gasteiger partial charge in [-0.15, -0.1) is 0 Å². The van der Waals surface area contributed by atoms with Crippen molar-refractivity contribution in [2.75, 3.05) is 13.0 Å². The van der Waals surface area contributed by atoms with Gasteiger partial charge < -0.3 is 19.1 Å². The summed E-state index contributed by atoms with van der Waals surface area (Å²) >= 11 is 0. The summed E-state index contributed by atoms with van der Waals surface area (Å²) in [4.78, 5) is 18.7. The van der Waals surface area contributed by atoms with E-state index in [4.69, 9.17) is 4.74 Å². The molecule has 2 unspecified atom stereocenters. The second-order valence-corrected chi connectivity index (χ2v) is 10.0. The van der Waals surface area contributed by atoms with Crippen molar-refractivity contribution < 1.29 is 23.7 Å². The van der Waals surface area contributed by atoms with Crippen LogP contribution in [0.3, 0.4) is 0 Å². The molecule has 5 nitrogen and oxygen atoms in total. The molecule has 0 aliphatic rings. The third-order valence-corrected chi connectivity index (χ3v) is 7.92. The predicted octanol–water partition coefficient (Wildman–Crippen LogP) is 4.74. The summed E-state index contributed by atoms with van der Waals surface area (Å²) in [6.45, 7) is 6.37. The number of allylic oxidation sites excluding steroid dienone is 2. The van der Waals surface area contributed by atoms with E-state index in [1.54, 1.807) is 6.92 Å². The molecule has 0 spiro atoms. The van der Waals surface area contributed by atoms with Gasteiger partial charge in [-0.25, -0.2) is 0 Å². The first-order valence-corrected chi connectivity index (χ1v) is 11.5. The lowest BCUT2D eigenvalue weighted by Gasteiger charge is -2.18. The first-order chi connectivity index (χ1) is 10.3. The molecule has 7 heteroatoms. The standard InChI is InChI=1S/C15H32O5P2/c1-4-20-13-21(16)15(22(17,18)19)12-10-8-6-5-7-9-11-14(2)3/h11,15,21H,4-10,12-13H2,1-3H3,(H2,17,18,19). The van der Waals surface area contributed by atoms with Crippen LogP contribution >= 0.6 is 15.4 Å². The minimum Gasteiger partial charge on any atom is -0.374 e. The van der Waals surface area contributed by atoms with Gasteiger partial charge in [-0.05, 0) is 40.0 Å². The number of ether oxygens (including phenoxy) is 1. The van der Waals surface area contributed by atoms with E-state index < -0.39 is 20.8 Å². The molecule has 0 saturated carbocycles. The molecule has 0 bridgehead atoms. The van der Waals surface area contributed by atoms with Gasteiger partial charge in [0.15, 0.2) is 0 Å². The molecule has 22 heavy (non-hydrogen) atoms. The summed E-state index contributed by atoms with van der Waals surface area (Å²) in [5.74, 6) is 0. The molecular weight excluding hydrogens is 322 g/mol.